The third kappa shape index (κ3) is 5.01. The fraction of sp³-hybridized carbons (Fsp3) is 0.538. The second-order valence-corrected chi connectivity index (χ2v) is 4.88. The minimum atomic E-state index is 0.312. The number of hydrogen-bond acceptors (Lipinski definition) is 3. The lowest BCUT2D eigenvalue weighted by Crippen LogP contribution is -2.11. The van der Waals surface area contributed by atoms with Crippen molar-refractivity contribution in [1.82, 2.24) is 5.32 Å². The van der Waals surface area contributed by atoms with Gasteiger partial charge in [-0.25, -0.2) is 0 Å². The Morgan fingerprint density at radius 3 is 2.56 bits per heavy atom. The van der Waals surface area contributed by atoms with Gasteiger partial charge in [-0.2, -0.15) is 0 Å². The molecule has 0 saturated carbocycles. The van der Waals surface area contributed by atoms with E-state index in [0.717, 1.165) is 18.8 Å². The third-order valence-electron chi connectivity index (χ3n) is 2.39. The van der Waals surface area contributed by atoms with Crippen molar-refractivity contribution in [3.63, 3.8) is 0 Å². The number of rotatable bonds is 7. The van der Waals surface area contributed by atoms with Crippen LogP contribution in [-0.4, -0.2) is 25.5 Å². The summed E-state index contributed by atoms with van der Waals surface area (Å²) < 4.78 is 5.22. The molecule has 0 fully saturated rings. The van der Waals surface area contributed by atoms with Crippen LogP contribution in [0, 0.1) is 0 Å². The van der Waals surface area contributed by atoms with Crippen molar-refractivity contribution in [2.24, 2.45) is 0 Å². The van der Waals surface area contributed by atoms with Crippen molar-refractivity contribution >= 4 is 11.8 Å². The highest BCUT2D eigenvalue weighted by Crippen LogP contribution is 2.19. The number of thioether (sulfide) groups is 1. The molecule has 0 amide bonds. The number of ether oxygens (including phenoxy) is 1. The first kappa shape index (κ1) is 13.6. The summed E-state index contributed by atoms with van der Waals surface area (Å²) in [5, 5.41) is 3.32. The Hall–Kier alpha value is -0.510. The van der Waals surface area contributed by atoms with Gasteiger partial charge in [-0.3, -0.25) is 0 Å². The van der Waals surface area contributed by atoms with E-state index in [0.29, 0.717) is 6.10 Å². The summed E-state index contributed by atoms with van der Waals surface area (Å²) in [4.78, 5) is 1.31. The predicted molar refractivity (Wildman–Crippen MR) is 71.0 cm³/mol. The van der Waals surface area contributed by atoms with E-state index < -0.39 is 0 Å². The molecule has 2 nitrogen and oxygen atoms in total. The highest BCUT2D eigenvalue weighted by atomic mass is 32.2. The molecule has 0 spiro atoms. The molecular formula is C13H21NOS. The van der Waals surface area contributed by atoms with Gasteiger partial charge in [0.15, 0.2) is 0 Å². The van der Waals surface area contributed by atoms with Crippen LogP contribution in [0.25, 0.3) is 0 Å². The van der Waals surface area contributed by atoms with Crippen LogP contribution in [0.2, 0.25) is 0 Å². The first-order chi connectivity index (χ1) is 7.76. The van der Waals surface area contributed by atoms with Gasteiger partial charge in [0.25, 0.3) is 0 Å². The molecule has 0 radical (unpaired) electrons. The maximum atomic E-state index is 5.22. The van der Waals surface area contributed by atoms with Gasteiger partial charge >= 0.3 is 0 Å². The van der Waals surface area contributed by atoms with Crippen LogP contribution in [0.1, 0.15) is 19.4 Å². The molecule has 1 N–H and O–H groups in total. The Kier molecular flexibility index (Phi) is 6.53. The van der Waals surface area contributed by atoms with Gasteiger partial charge in [-0.05, 0) is 31.2 Å². The molecule has 1 unspecified atom stereocenters. The zero-order valence-electron chi connectivity index (χ0n) is 10.3. The highest BCUT2D eigenvalue weighted by molar-refractivity contribution is 7.99. The topological polar surface area (TPSA) is 21.3 Å². The summed E-state index contributed by atoms with van der Waals surface area (Å²) >= 11 is 1.84. The van der Waals surface area contributed by atoms with E-state index in [4.69, 9.17) is 4.74 Å². The van der Waals surface area contributed by atoms with Crippen molar-refractivity contribution in [2.75, 3.05) is 19.4 Å². The normalized spacial score (nSPS) is 12.7. The van der Waals surface area contributed by atoms with Gasteiger partial charge < -0.3 is 10.1 Å². The summed E-state index contributed by atoms with van der Waals surface area (Å²) in [7, 11) is 1.75. The molecule has 0 aromatic heterocycles. The zero-order valence-corrected chi connectivity index (χ0v) is 11.1. The van der Waals surface area contributed by atoms with Gasteiger partial charge in [0.1, 0.15) is 0 Å². The molecular weight excluding hydrogens is 218 g/mol. The minimum Gasteiger partial charge on any atom is -0.381 e. The quantitative estimate of drug-likeness (QED) is 0.739. The van der Waals surface area contributed by atoms with Crippen molar-refractivity contribution in [1.29, 1.82) is 0 Å². The highest BCUT2D eigenvalue weighted by Gasteiger charge is 2.01. The lowest BCUT2D eigenvalue weighted by atomic mass is 10.2. The molecule has 0 heterocycles. The molecule has 90 valence electrons. The summed E-state index contributed by atoms with van der Waals surface area (Å²) in [6.07, 6.45) is 0.312. The van der Waals surface area contributed by atoms with E-state index >= 15 is 0 Å². The average Bonchev–Trinajstić information content (AvgIpc) is 2.34. The predicted octanol–water partition coefficient (Wildman–Crippen LogP) is 2.92. The SMILES string of the molecule is CCNCc1ccc(SCC(C)OC)cc1. The molecule has 1 aromatic rings. The van der Waals surface area contributed by atoms with Crippen molar-refractivity contribution < 1.29 is 4.74 Å². The van der Waals surface area contributed by atoms with Crippen LogP contribution in [0.15, 0.2) is 29.2 Å². The summed E-state index contributed by atoms with van der Waals surface area (Å²) in [6, 6.07) is 8.73. The second kappa shape index (κ2) is 7.71. The molecule has 0 saturated heterocycles. The van der Waals surface area contributed by atoms with Crippen LogP contribution in [0.3, 0.4) is 0 Å². The van der Waals surface area contributed by atoms with Crippen molar-refractivity contribution in [2.45, 2.75) is 31.4 Å². The monoisotopic (exact) mass is 239 g/mol. The molecule has 1 aromatic carbocycles. The third-order valence-corrected chi connectivity index (χ3v) is 3.63. The molecule has 0 aliphatic carbocycles. The van der Waals surface area contributed by atoms with Crippen LogP contribution in [0.4, 0.5) is 0 Å². The summed E-state index contributed by atoms with van der Waals surface area (Å²) in [5.74, 6) is 1.00. The minimum absolute atomic E-state index is 0.312. The molecule has 0 aliphatic heterocycles. The number of nitrogens with one attached hydrogen (secondary N) is 1. The molecule has 3 heteroatoms. The van der Waals surface area contributed by atoms with E-state index in [1.54, 1.807) is 7.11 Å². The molecule has 1 atom stereocenters. The number of benzene rings is 1. The summed E-state index contributed by atoms with van der Waals surface area (Å²) in [5.41, 5.74) is 1.34. The van der Waals surface area contributed by atoms with Crippen LogP contribution in [0.5, 0.6) is 0 Å². The van der Waals surface area contributed by atoms with E-state index in [9.17, 15) is 0 Å². The van der Waals surface area contributed by atoms with Gasteiger partial charge in [0.05, 0.1) is 6.10 Å². The lowest BCUT2D eigenvalue weighted by molar-refractivity contribution is 0.138. The first-order valence-corrected chi connectivity index (χ1v) is 6.70. The maximum Gasteiger partial charge on any atom is 0.0637 e. The van der Waals surface area contributed by atoms with E-state index in [2.05, 4.69) is 43.4 Å². The van der Waals surface area contributed by atoms with Gasteiger partial charge in [0, 0.05) is 24.3 Å². The van der Waals surface area contributed by atoms with E-state index in [1.807, 2.05) is 11.8 Å². The smallest absolute Gasteiger partial charge is 0.0637 e. The fourth-order valence-electron chi connectivity index (χ4n) is 1.25. The molecule has 0 aliphatic rings. The molecule has 16 heavy (non-hydrogen) atoms. The van der Waals surface area contributed by atoms with Gasteiger partial charge in [-0.15, -0.1) is 11.8 Å². The Bertz CT molecular complexity index is 286. The maximum absolute atomic E-state index is 5.22. The Balaban J connectivity index is 2.38. The second-order valence-electron chi connectivity index (χ2n) is 3.78. The average molecular weight is 239 g/mol. The van der Waals surface area contributed by atoms with Crippen LogP contribution in [-0.2, 0) is 11.3 Å². The largest absolute Gasteiger partial charge is 0.381 e. The standard InChI is InChI=1S/C13H21NOS/c1-4-14-9-12-5-7-13(8-6-12)16-10-11(2)15-3/h5-8,11,14H,4,9-10H2,1-3H3. The van der Waals surface area contributed by atoms with Gasteiger partial charge in [0.2, 0.25) is 0 Å². The van der Waals surface area contributed by atoms with Crippen LogP contribution < -0.4 is 5.32 Å². The summed E-state index contributed by atoms with van der Waals surface area (Å²) in [6.45, 7) is 6.18. The Morgan fingerprint density at radius 2 is 2.00 bits per heavy atom. The fourth-order valence-corrected chi connectivity index (χ4v) is 2.15. The van der Waals surface area contributed by atoms with Crippen LogP contribution >= 0.6 is 11.8 Å². The number of methoxy groups -OCH3 is 1. The zero-order chi connectivity index (χ0) is 11.8. The Labute approximate surface area is 103 Å². The number of hydrogen-bond donors (Lipinski definition) is 1. The molecule has 1 rings (SSSR count). The lowest BCUT2D eigenvalue weighted by Gasteiger charge is -2.09. The van der Waals surface area contributed by atoms with E-state index in [-0.39, 0.29) is 0 Å². The first-order valence-electron chi connectivity index (χ1n) is 5.71. The Morgan fingerprint density at radius 1 is 1.31 bits per heavy atom. The van der Waals surface area contributed by atoms with Crippen molar-refractivity contribution in [3.8, 4) is 0 Å². The van der Waals surface area contributed by atoms with E-state index in [1.165, 1.54) is 10.5 Å². The van der Waals surface area contributed by atoms with Gasteiger partial charge in [-0.1, -0.05) is 19.1 Å². The molecule has 0 bridgehead atoms. The van der Waals surface area contributed by atoms with Crippen molar-refractivity contribution in [3.05, 3.63) is 29.8 Å².